The van der Waals surface area contributed by atoms with Gasteiger partial charge in [0.1, 0.15) is 6.04 Å². The molecule has 1 rings (SSSR count). The van der Waals surface area contributed by atoms with Crippen LogP contribution in [0, 0.1) is 10.1 Å². The van der Waals surface area contributed by atoms with Crippen molar-refractivity contribution in [2.24, 2.45) is 0 Å². The number of nitrogens with zero attached hydrogens (tertiary/aromatic N) is 3. The molecule has 7 nitrogen and oxygen atoms in total. The Morgan fingerprint density at radius 1 is 1.80 bits per heavy atom. The Morgan fingerprint density at radius 2 is 2.40 bits per heavy atom. The molecule has 1 N–H and O–H groups in total. The van der Waals surface area contributed by atoms with Gasteiger partial charge < -0.3 is 15.4 Å². The van der Waals surface area contributed by atoms with Crippen LogP contribution in [0.3, 0.4) is 0 Å². The van der Waals surface area contributed by atoms with Crippen molar-refractivity contribution < 1.29 is 9.72 Å². The van der Waals surface area contributed by atoms with Crippen molar-refractivity contribution in [3.63, 3.8) is 0 Å². The van der Waals surface area contributed by atoms with E-state index < -0.39 is 16.8 Å². The Bertz CT molecular complexity index is 403. The summed E-state index contributed by atoms with van der Waals surface area (Å²) in [5.74, 6) is -0.753. The number of nitrogens with one attached hydrogen (secondary N) is 1. The van der Waals surface area contributed by atoms with Gasteiger partial charge in [-0.2, -0.15) is 4.68 Å². The molecule has 8 heteroatoms. The number of hydrogen-bond acceptors (Lipinski definition) is 4. The molecule has 0 fully saturated rings. The normalized spacial score (nSPS) is 12.2. The number of nitro groups is 1. The molecule has 1 heterocycles. The van der Waals surface area contributed by atoms with E-state index in [9.17, 15) is 14.9 Å². The zero-order valence-corrected chi connectivity index (χ0v) is 8.85. The molecule has 0 aromatic carbocycles. The molecule has 1 amide bonds. The van der Waals surface area contributed by atoms with Gasteiger partial charge in [0.05, 0.1) is 11.3 Å². The summed E-state index contributed by atoms with van der Waals surface area (Å²) in [6.07, 6.45) is 1.25. The van der Waals surface area contributed by atoms with E-state index in [0.717, 1.165) is 4.68 Å². The minimum atomic E-state index is -0.699. The summed E-state index contributed by atoms with van der Waals surface area (Å²) in [7, 11) is 1.47. The number of carbonyl (C=O) groups excluding carboxylic acids is 1. The van der Waals surface area contributed by atoms with Crippen molar-refractivity contribution in [3.05, 3.63) is 21.3 Å². The molecular weight excluding hydrogens is 224 g/mol. The van der Waals surface area contributed by atoms with Gasteiger partial charge in [-0.25, -0.2) is 0 Å². The van der Waals surface area contributed by atoms with Gasteiger partial charge in [0, 0.05) is 7.05 Å². The molecule has 0 aliphatic rings. The van der Waals surface area contributed by atoms with Crippen molar-refractivity contribution in [2.45, 2.75) is 13.0 Å². The Labute approximate surface area is 90.2 Å². The van der Waals surface area contributed by atoms with Crippen LogP contribution in [0.2, 0.25) is 5.02 Å². The van der Waals surface area contributed by atoms with Crippen LogP contribution in [0.4, 0.5) is 5.82 Å². The third kappa shape index (κ3) is 2.24. The highest BCUT2D eigenvalue weighted by Crippen LogP contribution is 2.23. The van der Waals surface area contributed by atoms with Crippen molar-refractivity contribution >= 4 is 23.3 Å². The zero-order chi connectivity index (χ0) is 11.6. The van der Waals surface area contributed by atoms with Crippen molar-refractivity contribution in [1.82, 2.24) is 15.1 Å². The van der Waals surface area contributed by atoms with E-state index in [0.29, 0.717) is 0 Å². The molecule has 0 saturated carbocycles. The van der Waals surface area contributed by atoms with E-state index in [2.05, 4.69) is 10.4 Å². The molecule has 1 aromatic rings. The first kappa shape index (κ1) is 11.4. The van der Waals surface area contributed by atoms with Crippen LogP contribution in [0.15, 0.2) is 6.20 Å². The fourth-order valence-electron chi connectivity index (χ4n) is 1.01. The van der Waals surface area contributed by atoms with E-state index >= 15 is 0 Å². The highest BCUT2D eigenvalue weighted by molar-refractivity contribution is 6.32. The number of halogens is 1. The smallest absolute Gasteiger partial charge is 0.358 e. The lowest BCUT2D eigenvalue weighted by Gasteiger charge is -2.05. The molecule has 0 bridgehead atoms. The summed E-state index contributed by atoms with van der Waals surface area (Å²) >= 11 is 5.58. The van der Waals surface area contributed by atoms with Gasteiger partial charge in [-0.15, -0.1) is 0 Å². The van der Waals surface area contributed by atoms with Crippen molar-refractivity contribution in [1.29, 1.82) is 0 Å². The maximum atomic E-state index is 11.2. The zero-order valence-electron chi connectivity index (χ0n) is 8.10. The van der Waals surface area contributed by atoms with Crippen LogP contribution in [0.25, 0.3) is 0 Å². The minimum Gasteiger partial charge on any atom is -0.358 e. The lowest BCUT2D eigenvalue weighted by atomic mass is 10.3. The van der Waals surface area contributed by atoms with Gasteiger partial charge in [0.2, 0.25) is 5.91 Å². The number of amides is 1. The number of aromatic nitrogens is 2. The summed E-state index contributed by atoms with van der Waals surface area (Å²) in [6.45, 7) is 1.56. The van der Waals surface area contributed by atoms with Crippen LogP contribution in [0.1, 0.15) is 13.0 Å². The monoisotopic (exact) mass is 232 g/mol. The van der Waals surface area contributed by atoms with E-state index in [1.54, 1.807) is 6.92 Å². The molecule has 0 aliphatic heterocycles. The maximum absolute atomic E-state index is 11.2. The quantitative estimate of drug-likeness (QED) is 0.615. The first-order chi connectivity index (χ1) is 6.97. The standard InChI is InChI=1S/C7H9ClN4O3/c1-4(7(13)9-2)11-3-5(8)6(10-11)12(14)15/h3-4H,1-2H3,(H,9,13). The fraction of sp³-hybridized carbons (Fsp3) is 0.429. The van der Waals surface area contributed by atoms with Gasteiger partial charge in [-0.05, 0) is 11.8 Å². The van der Waals surface area contributed by atoms with Crippen LogP contribution >= 0.6 is 11.6 Å². The van der Waals surface area contributed by atoms with Gasteiger partial charge in [-0.3, -0.25) is 4.79 Å². The van der Waals surface area contributed by atoms with E-state index in [1.165, 1.54) is 13.2 Å². The Morgan fingerprint density at radius 3 is 2.80 bits per heavy atom. The lowest BCUT2D eigenvalue weighted by molar-refractivity contribution is -0.389. The number of hydrogen-bond donors (Lipinski definition) is 1. The maximum Gasteiger partial charge on any atom is 0.408 e. The average molecular weight is 233 g/mol. The van der Waals surface area contributed by atoms with Gasteiger partial charge in [-0.1, -0.05) is 11.6 Å². The predicted octanol–water partition coefficient (Wildman–Crippen LogP) is 0.752. The molecule has 15 heavy (non-hydrogen) atoms. The molecule has 82 valence electrons. The number of carbonyl (C=O) groups is 1. The third-order valence-electron chi connectivity index (χ3n) is 1.87. The summed E-state index contributed by atoms with van der Waals surface area (Å²) in [5.41, 5.74) is 0. The summed E-state index contributed by atoms with van der Waals surface area (Å²) in [5, 5.41) is 16.4. The molecule has 1 atom stereocenters. The first-order valence-corrected chi connectivity index (χ1v) is 4.45. The Kier molecular flexibility index (Phi) is 3.25. The molecular formula is C7H9ClN4O3. The lowest BCUT2D eigenvalue weighted by Crippen LogP contribution is -2.28. The van der Waals surface area contributed by atoms with E-state index in [-0.39, 0.29) is 10.9 Å². The molecule has 0 radical (unpaired) electrons. The minimum absolute atomic E-state index is 0.0873. The SMILES string of the molecule is CNC(=O)C(C)n1cc(Cl)c([N+](=O)[O-])n1. The Hall–Kier alpha value is -1.63. The molecule has 0 spiro atoms. The Balaban J connectivity index is 3.02. The first-order valence-electron chi connectivity index (χ1n) is 4.08. The molecule has 1 unspecified atom stereocenters. The second-order valence-electron chi connectivity index (χ2n) is 2.83. The largest absolute Gasteiger partial charge is 0.408 e. The fourth-order valence-corrected chi connectivity index (χ4v) is 1.22. The van der Waals surface area contributed by atoms with Crippen LogP contribution in [-0.4, -0.2) is 27.7 Å². The highest BCUT2D eigenvalue weighted by Gasteiger charge is 2.24. The molecule has 0 aliphatic carbocycles. The number of likely N-dealkylation sites (N-methyl/N-ethyl adjacent to an activating group) is 1. The van der Waals surface area contributed by atoms with Crippen LogP contribution in [-0.2, 0) is 4.79 Å². The summed E-state index contributed by atoms with van der Waals surface area (Å²) in [6, 6.07) is -0.638. The molecule has 0 saturated heterocycles. The van der Waals surface area contributed by atoms with Gasteiger partial charge in [0.25, 0.3) is 0 Å². The molecule has 1 aromatic heterocycles. The average Bonchev–Trinajstić information content (AvgIpc) is 2.58. The summed E-state index contributed by atoms with van der Waals surface area (Å²) < 4.78 is 1.15. The number of rotatable bonds is 3. The van der Waals surface area contributed by atoms with Crippen LogP contribution in [0.5, 0.6) is 0 Å². The second-order valence-corrected chi connectivity index (χ2v) is 3.24. The predicted molar refractivity (Wildman–Crippen MR) is 52.7 cm³/mol. The van der Waals surface area contributed by atoms with Crippen molar-refractivity contribution in [3.8, 4) is 0 Å². The summed E-state index contributed by atoms with van der Waals surface area (Å²) in [4.78, 5) is 21.0. The van der Waals surface area contributed by atoms with Gasteiger partial charge in [0.15, 0.2) is 5.02 Å². The van der Waals surface area contributed by atoms with Gasteiger partial charge >= 0.3 is 5.82 Å². The third-order valence-corrected chi connectivity index (χ3v) is 2.13. The topological polar surface area (TPSA) is 90.1 Å². The van der Waals surface area contributed by atoms with Crippen molar-refractivity contribution in [2.75, 3.05) is 7.05 Å². The van der Waals surface area contributed by atoms with E-state index in [4.69, 9.17) is 11.6 Å². The second kappa shape index (κ2) is 4.26. The van der Waals surface area contributed by atoms with E-state index in [1.807, 2.05) is 0 Å². The highest BCUT2D eigenvalue weighted by atomic mass is 35.5. The van der Waals surface area contributed by atoms with Crippen LogP contribution < -0.4 is 5.32 Å².